The van der Waals surface area contributed by atoms with Gasteiger partial charge in [-0.1, -0.05) is 13.8 Å². The molecule has 0 N–H and O–H groups in total. The van der Waals surface area contributed by atoms with E-state index in [0.29, 0.717) is 23.0 Å². The molecule has 0 saturated carbocycles. The van der Waals surface area contributed by atoms with E-state index in [4.69, 9.17) is 9.47 Å². The SMILES string of the molecule is COc1ccc(C(C)=O)cc1OC(C)C(C)C. The molecule has 0 radical (unpaired) electrons. The van der Waals surface area contributed by atoms with E-state index >= 15 is 0 Å². The Hall–Kier alpha value is -1.51. The first kappa shape index (κ1) is 13.6. The number of ketones is 1. The summed E-state index contributed by atoms with van der Waals surface area (Å²) in [6.45, 7) is 7.72. The van der Waals surface area contributed by atoms with Gasteiger partial charge in [-0.15, -0.1) is 0 Å². The van der Waals surface area contributed by atoms with Crippen molar-refractivity contribution in [3.05, 3.63) is 23.8 Å². The molecular formula is C14H20O3. The second-order valence-electron chi connectivity index (χ2n) is 4.49. The largest absolute Gasteiger partial charge is 0.493 e. The minimum Gasteiger partial charge on any atom is -0.493 e. The molecule has 0 spiro atoms. The summed E-state index contributed by atoms with van der Waals surface area (Å²) >= 11 is 0. The van der Waals surface area contributed by atoms with E-state index in [9.17, 15) is 4.79 Å². The molecule has 0 amide bonds. The molecular weight excluding hydrogens is 216 g/mol. The fourth-order valence-electron chi connectivity index (χ4n) is 1.32. The van der Waals surface area contributed by atoms with Gasteiger partial charge in [-0.3, -0.25) is 4.79 Å². The maximum absolute atomic E-state index is 11.3. The van der Waals surface area contributed by atoms with E-state index in [0.717, 1.165) is 0 Å². The smallest absolute Gasteiger partial charge is 0.162 e. The van der Waals surface area contributed by atoms with Gasteiger partial charge < -0.3 is 9.47 Å². The zero-order chi connectivity index (χ0) is 13.0. The number of benzene rings is 1. The van der Waals surface area contributed by atoms with Crippen LogP contribution >= 0.6 is 0 Å². The van der Waals surface area contributed by atoms with Crippen molar-refractivity contribution in [3.8, 4) is 11.5 Å². The van der Waals surface area contributed by atoms with Crippen LogP contribution in [-0.4, -0.2) is 19.0 Å². The minimum atomic E-state index is 0.0229. The van der Waals surface area contributed by atoms with Crippen molar-refractivity contribution in [3.63, 3.8) is 0 Å². The Labute approximate surface area is 103 Å². The molecule has 1 rings (SSSR count). The molecule has 0 aliphatic rings. The van der Waals surface area contributed by atoms with Crippen molar-refractivity contribution < 1.29 is 14.3 Å². The number of Topliss-reactive ketones (excluding diaryl/α,β-unsaturated/α-hetero) is 1. The molecule has 3 heteroatoms. The average molecular weight is 236 g/mol. The van der Waals surface area contributed by atoms with Crippen molar-refractivity contribution in [1.82, 2.24) is 0 Å². The molecule has 94 valence electrons. The topological polar surface area (TPSA) is 35.5 Å². The number of rotatable bonds is 5. The van der Waals surface area contributed by atoms with Crippen LogP contribution in [0.5, 0.6) is 11.5 Å². The average Bonchev–Trinajstić information content (AvgIpc) is 2.28. The van der Waals surface area contributed by atoms with E-state index < -0.39 is 0 Å². The Morgan fingerprint density at radius 2 is 1.82 bits per heavy atom. The summed E-state index contributed by atoms with van der Waals surface area (Å²) in [6.07, 6.45) is 0.0751. The lowest BCUT2D eigenvalue weighted by molar-refractivity contribution is 0.101. The molecule has 1 atom stereocenters. The van der Waals surface area contributed by atoms with Crippen LogP contribution in [0.1, 0.15) is 38.1 Å². The van der Waals surface area contributed by atoms with Crippen molar-refractivity contribution in [2.75, 3.05) is 7.11 Å². The molecule has 0 heterocycles. The third-order valence-corrected chi connectivity index (χ3v) is 2.82. The molecule has 0 fully saturated rings. The van der Waals surface area contributed by atoms with Crippen LogP contribution in [0.2, 0.25) is 0 Å². The summed E-state index contributed by atoms with van der Waals surface area (Å²) in [5.41, 5.74) is 0.636. The van der Waals surface area contributed by atoms with Crippen LogP contribution in [0.15, 0.2) is 18.2 Å². The van der Waals surface area contributed by atoms with E-state index in [2.05, 4.69) is 13.8 Å². The van der Waals surface area contributed by atoms with E-state index in [1.54, 1.807) is 25.3 Å². The van der Waals surface area contributed by atoms with Gasteiger partial charge in [0.15, 0.2) is 17.3 Å². The Bertz CT molecular complexity index is 396. The second kappa shape index (κ2) is 5.71. The summed E-state index contributed by atoms with van der Waals surface area (Å²) in [6, 6.07) is 5.24. The number of carbonyl (C=O) groups is 1. The summed E-state index contributed by atoms with van der Waals surface area (Å²) < 4.78 is 11.0. The molecule has 0 aliphatic carbocycles. The molecule has 3 nitrogen and oxygen atoms in total. The fraction of sp³-hybridized carbons (Fsp3) is 0.500. The highest BCUT2D eigenvalue weighted by atomic mass is 16.5. The standard InChI is InChI=1S/C14H20O3/c1-9(2)11(4)17-14-8-12(10(3)15)6-7-13(14)16-5/h6-9,11H,1-5H3. The van der Waals surface area contributed by atoms with Crippen LogP contribution in [-0.2, 0) is 0 Å². The highest BCUT2D eigenvalue weighted by Gasteiger charge is 2.13. The second-order valence-corrected chi connectivity index (χ2v) is 4.49. The zero-order valence-corrected chi connectivity index (χ0v) is 11.1. The molecule has 1 unspecified atom stereocenters. The zero-order valence-electron chi connectivity index (χ0n) is 11.1. The van der Waals surface area contributed by atoms with E-state index in [1.165, 1.54) is 6.92 Å². The Morgan fingerprint density at radius 3 is 2.29 bits per heavy atom. The molecule has 1 aromatic carbocycles. The van der Waals surface area contributed by atoms with Gasteiger partial charge in [0.05, 0.1) is 13.2 Å². The molecule has 1 aromatic rings. The van der Waals surface area contributed by atoms with Gasteiger partial charge in [0.1, 0.15) is 0 Å². The van der Waals surface area contributed by atoms with Crippen LogP contribution in [0, 0.1) is 5.92 Å². The summed E-state index contributed by atoms with van der Waals surface area (Å²) in [5.74, 6) is 1.71. The van der Waals surface area contributed by atoms with Crippen LogP contribution in [0.25, 0.3) is 0 Å². The van der Waals surface area contributed by atoms with Gasteiger partial charge in [0.2, 0.25) is 0 Å². The first-order valence-electron chi connectivity index (χ1n) is 5.81. The van der Waals surface area contributed by atoms with Gasteiger partial charge >= 0.3 is 0 Å². The monoisotopic (exact) mass is 236 g/mol. The number of methoxy groups -OCH3 is 1. The number of hydrogen-bond donors (Lipinski definition) is 0. The maximum Gasteiger partial charge on any atom is 0.162 e. The van der Waals surface area contributed by atoms with Gasteiger partial charge in [-0.05, 0) is 38.0 Å². The van der Waals surface area contributed by atoms with Crippen LogP contribution in [0.4, 0.5) is 0 Å². The van der Waals surface area contributed by atoms with Crippen molar-refractivity contribution in [1.29, 1.82) is 0 Å². The summed E-state index contributed by atoms with van der Waals surface area (Å²) in [4.78, 5) is 11.3. The lowest BCUT2D eigenvalue weighted by atomic mass is 10.1. The quantitative estimate of drug-likeness (QED) is 0.736. The van der Waals surface area contributed by atoms with Gasteiger partial charge in [-0.2, -0.15) is 0 Å². The van der Waals surface area contributed by atoms with Gasteiger partial charge in [-0.25, -0.2) is 0 Å². The third kappa shape index (κ3) is 3.48. The molecule has 0 saturated heterocycles. The molecule has 0 aromatic heterocycles. The maximum atomic E-state index is 11.3. The Balaban J connectivity index is 3.02. The number of hydrogen-bond acceptors (Lipinski definition) is 3. The normalized spacial score (nSPS) is 12.4. The third-order valence-electron chi connectivity index (χ3n) is 2.82. The first-order chi connectivity index (χ1) is 7.95. The minimum absolute atomic E-state index is 0.0229. The highest BCUT2D eigenvalue weighted by Crippen LogP contribution is 2.30. The van der Waals surface area contributed by atoms with E-state index in [-0.39, 0.29) is 11.9 Å². The Kier molecular flexibility index (Phi) is 4.55. The number of carbonyl (C=O) groups excluding carboxylic acids is 1. The molecule has 17 heavy (non-hydrogen) atoms. The lowest BCUT2D eigenvalue weighted by Crippen LogP contribution is -2.19. The molecule has 0 aliphatic heterocycles. The first-order valence-corrected chi connectivity index (χ1v) is 5.81. The predicted molar refractivity (Wildman–Crippen MR) is 67.9 cm³/mol. The lowest BCUT2D eigenvalue weighted by Gasteiger charge is -2.20. The number of ether oxygens (including phenoxy) is 2. The fourth-order valence-corrected chi connectivity index (χ4v) is 1.32. The predicted octanol–water partition coefficient (Wildman–Crippen LogP) is 3.32. The Morgan fingerprint density at radius 1 is 1.18 bits per heavy atom. The van der Waals surface area contributed by atoms with Crippen molar-refractivity contribution >= 4 is 5.78 Å². The van der Waals surface area contributed by atoms with Crippen molar-refractivity contribution in [2.45, 2.75) is 33.8 Å². The van der Waals surface area contributed by atoms with Gasteiger partial charge in [0, 0.05) is 5.56 Å². The summed E-state index contributed by atoms with van der Waals surface area (Å²) in [5, 5.41) is 0. The van der Waals surface area contributed by atoms with Crippen molar-refractivity contribution in [2.24, 2.45) is 5.92 Å². The van der Waals surface area contributed by atoms with Gasteiger partial charge in [0.25, 0.3) is 0 Å². The molecule has 0 bridgehead atoms. The van der Waals surface area contributed by atoms with E-state index in [1.807, 2.05) is 6.92 Å². The van der Waals surface area contributed by atoms with Crippen LogP contribution < -0.4 is 9.47 Å². The summed E-state index contributed by atoms with van der Waals surface area (Å²) in [7, 11) is 1.59. The highest BCUT2D eigenvalue weighted by molar-refractivity contribution is 5.94. The van der Waals surface area contributed by atoms with Crippen LogP contribution in [0.3, 0.4) is 0 Å².